The molecule has 0 heterocycles. The molecule has 0 saturated carbocycles. The Labute approximate surface area is 122 Å². The van der Waals surface area contributed by atoms with E-state index >= 15 is 0 Å². The normalized spacial score (nSPS) is 11.3. The van der Waals surface area contributed by atoms with Gasteiger partial charge in [0.1, 0.15) is 0 Å². The van der Waals surface area contributed by atoms with E-state index in [1.807, 2.05) is 30.5 Å². The zero-order chi connectivity index (χ0) is 13.6. The van der Waals surface area contributed by atoms with Gasteiger partial charge in [-0.05, 0) is 31.2 Å². The lowest BCUT2D eigenvalue weighted by molar-refractivity contribution is 0.0900. The molecule has 0 radical (unpaired) electrons. The average Bonchev–Trinajstić information content (AvgIpc) is 2.44. The number of nitrogens with one attached hydrogen (secondary N) is 1. The molecule has 0 unspecified atom stereocenters. The minimum absolute atomic E-state index is 0.0168. The fourth-order valence-electron chi connectivity index (χ4n) is 1.79. The molecule has 0 saturated heterocycles. The molecule has 4 heteroatoms. The summed E-state index contributed by atoms with van der Waals surface area (Å²) in [4.78, 5) is 13.4. The third kappa shape index (κ3) is 3.51. The van der Waals surface area contributed by atoms with Crippen molar-refractivity contribution in [1.29, 1.82) is 0 Å². The predicted octanol–water partition coefficient (Wildman–Crippen LogP) is 4.09. The minimum atomic E-state index is -0.150. The van der Waals surface area contributed by atoms with Crippen molar-refractivity contribution in [2.75, 3.05) is 11.6 Å². The van der Waals surface area contributed by atoms with Crippen LogP contribution in [0, 0.1) is 0 Å². The number of alkyl halides is 1. The molecule has 1 aromatic carbocycles. The molecule has 0 fully saturated rings. The van der Waals surface area contributed by atoms with E-state index in [1.165, 1.54) is 0 Å². The third-order valence-corrected chi connectivity index (χ3v) is 5.21. The molecule has 1 N–H and O–H groups in total. The highest BCUT2D eigenvalue weighted by molar-refractivity contribution is 9.09. The standard InChI is InChI=1S/C14H20BrNOS/c1-4-14(5-2,10-15)16-13(17)11-8-6-7-9-12(11)18-3/h6-9H,4-5,10H2,1-3H3,(H,16,17). The molecule has 0 bridgehead atoms. The van der Waals surface area contributed by atoms with Crippen LogP contribution in [-0.4, -0.2) is 23.0 Å². The molecule has 1 amide bonds. The minimum Gasteiger partial charge on any atom is -0.346 e. The lowest BCUT2D eigenvalue weighted by Gasteiger charge is -2.31. The van der Waals surface area contributed by atoms with Crippen LogP contribution in [0.1, 0.15) is 37.0 Å². The summed E-state index contributed by atoms with van der Waals surface area (Å²) in [7, 11) is 0. The van der Waals surface area contributed by atoms with Crippen molar-refractivity contribution in [2.45, 2.75) is 37.1 Å². The van der Waals surface area contributed by atoms with Crippen molar-refractivity contribution in [1.82, 2.24) is 5.32 Å². The molecular formula is C14H20BrNOS. The van der Waals surface area contributed by atoms with Gasteiger partial charge in [0.25, 0.3) is 5.91 Å². The molecule has 0 atom stereocenters. The second-order valence-corrected chi connectivity index (χ2v) is 5.68. The first-order valence-corrected chi connectivity index (χ1v) is 8.48. The van der Waals surface area contributed by atoms with Gasteiger partial charge in [0, 0.05) is 15.8 Å². The number of thioether (sulfide) groups is 1. The Morgan fingerprint density at radius 3 is 2.44 bits per heavy atom. The quantitative estimate of drug-likeness (QED) is 0.629. The number of amides is 1. The van der Waals surface area contributed by atoms with Crippen LogP contribution < -0.4 is 5.32 Å². The first-order valence-electron chi connectivity index (χ1n) is 6.14. The van der Waals surface area contributed by atoms with Crippen LogP contribution in [0.4, 0.5) is 0 Å². The SMILES string of the molecule is CCC(CC)(CBr)NC(=O)c1ccccc1SC. The third-order valence-electron chi connectivity index (χ3n) is 3.34. The Balaban J connectivity index is 2.94. The lowest BCUT2D eigenvalue weighted by atomic mass is 9.95. The second kappa shape index (κ2) is 7.19. The zero-order valence-corrected chi connectivity index (χ0v) is 13.5. The van der Waals surface area contributed by atoms with Crippen LogP contribution in [-0.2, 0) is 0 Å². The van der Waals surface area contributed by atoms with Crippen molar-refractivity contribution in [3.63, 3.8) is 0 Å². The van der Waals surface area contributed by atoms with Gasteiger partial charge in [0.05, 0.1) is 5.56 Å². The van der Waals surface area contributed by atoms with Crippen LogP contribution in [0.25, 0.3) is 0 Å². The van der Waals surface area contributed by atoms with Gasteiger partial charge in [0.15, 0.2) is 0 Å². The first kappa shape index (κ1) is 15.6. The predicted molar refractivity (Wildman–Crippen MR) is 82.8 cm³/mol. The fraction of sp³-hybridized carbons (Fsp3) is 0.500. The highest BCUT2D eigenvalue weighted by Crippen LogP contribution is 2.23. The molecule has 100 valence electrons. The second-order valence-electron chi connectivity index (χ2n) is 4.28. The van der Waals surface area contributed by atoms with Gasteiger partial charge < -0.3 is 5.32 Å². The Morgan fingerprint density at radius 2 is 1.94 bits per heavy atom. The Kier molecular flexibility index (Phi) is 6.22. The summed E-state index contributed by atoms with van der Waals surface area (Å²) in [6, 6.07) is 7.72. The zero-order valence-electron chi connectivity index (χ0n) is 11.1. The van der Waals surface area contributed by atoms with E-state index in [2.05, 4.69) is 35.1 Å². The number of carbonyl (C=O) groups is 1. The van der Waals surface area contributed by atoms with E-state index in [0.29, 0.717) is 0 Å². The Hall–Kier alpha value is -0.480. The van der Waals surface area contributed by atoms with Gasteiger partial charge in [-0.1, -0.05) is 41.9 Å². The topological polar surface area (TPSA) is 29.1 Å². The van der Waals surface area contributed by atoms with E-state index in [9.17, 15) is 4.79 Å². The van der Waals surface area contributed by atoms with Crippen molar-refractivity contribution in [2.24, 2.45) is 0 Å². The van der Waals surface area contributed by atoms with E-state index in [1.54, 1.807) is 11.8 Å². The van der Waals surface area contributed by atoms with E-state index < -0.39 is 0 Å². The Morgan fingerprint density at radius 1 is 1.33 bits per heavy atom. The van der Waals surface area contributed by atoms with Crippen LogP contribution in [0.2, 0.25) is 0 Å². The van der Waals surface area contributed by atoms with Crippen LogP contribution in [0.3, 0.4) is 0 Å². The molecule has 0 aliphatic heterocycles. The summed E-state index contributed by atoms with van der Waals surface area (Å²) in [6.45, 7) is 4.21. The lowest BCUT2D eigenvalue weighted by Crippen LogP contribution is -2.49. The molecule has 0 spiro atoms. The number of carbonyl (C=O) groups excluding carboxylic acids is 1. The van der Waals surface area contributed by atoms with Gasteiger partial charge in [-0.2, -0.15) is 0 Å². The van der Waals surface area contributed by atoms with Crippen LogP contribution in [0.15, 0.2) is 29.2 Å². The fourth-order valence-corrected chi connectivity index (χ4v) is 3.32. The molecule has 18 heavy (non-hydrogen) atoms. The van der Waals surface area contributed by atoms with E-state index in [4.69, 9.17) is 0 Å². The maximum atomic E-state index is 12.4. The van der Waals surface area contributed by atoms with E-state index in [-0.39, 0.29) is 11.4 Å². The molecule has 1 aromatic rings. The number of hydrogen-bond donors (Lipinski definition) is 1. The summed E-state index contributed by atoms with van der Waals surface area (Å²) in [5.74, 6) is 0.0168. The number of halogens is 1. The van der Waals surface area contributed by atoms with Gasteiger partial charge in [0.2, 0.25) is 0 Å². The van der Waals surface area contributed by atoms with Gasteiger partial charge in [-0.15, -0.1) is 11.8 Å². The summed E-state index contributed by atoms with van der Waals surface area (Å²) in [6.07, 6.45) is 3.83. The number of rotatable bonds is 6. The monoisotopic (exact) mass is 329 g/mol. The summed E-state index contributed by atoms with van der Waals surface area (Å²) in [5, 5.41) is 3.95. The summed E-state index contributed by atoms with van der Waals surface area (Å²) >= 11 is 5.11. The molecule has 1 rings (SSSR count). The van der Waals surface area contributed by atoms with Crippen LogP contribution in [0.5, 0.6) is 0 Å². The van der Waals surface area contributed by atoms with Crippen molar-refractivity contribution < 1.29 is 4.79 Å². The summed E-state index contributed by atoms with van der Waals surface area (Å²) in [5.41, 5.74) is 0.611. The van der Waals surface area contributed by atoms with Crippen molar-refractivity contribution in [3.8, 4) is 0 Å². The number of benzene rings is 1. The highest BCUT2D eigenvalue weighted by atomic mass is 79.9. The Bertz CT molecular complexity index is 396. The first-order chi connectivity index (χ1) is 8.62. The van der Waals surface area contributed by atoms with Crippen molar-refractivity contribution in [3.05, 3.63) is 29.8 Å². The summed E-state index contributed by atoms with van der Waals surface area (Å²) < 4.78 is 0. The average molecular weight is 330 g/mol. The highest BCUT2D eigenvalue weighted by Gasteiger charge is 2.27. The molecular weight excluding hydrogens is 310 g/mol. The van der Waals surface area contributed by atoms with Gasteiger partial charge in [-0.25, -0.2) is 0 Å². The smallest absolute Gasteiger partial charge is 0.252 e. The van der Waals surface area contributed by atoms with Gasteiger partial charge in [-0.3, -0.25) is 4.79 Å². The van der Waals surface area contributed by atoms with Gasteiger partial charge >= 0.3 is 0 Å². The van der Waals surface area contributed by atoms with Crippen molar-refractivity contribution >= 4 is 33.6 Å². The molecule has 0 aromatic heterocycles. The largest absolute Gasteiger partial charge is 0.346 e. The molecule has 0 aliphatic carbocycles. The maximum absolute atomic E-state index is 12.4. The molecule has 2 nitrogen and oxygen atoms in total. The van der Waals surface area contributed by atoms with E-state index in [0.717, 1.165) is 28.6 Å². The number of hydrogen-bond acceptors (Lipinski definition) is 2. The molecule has 0 aliphatic rings. The van der Waals surface area contributed by atoms with Crippen LogP contribution >= 0.6 is 27.7 Å². The maximum Gasteiger partial charge on any atom is 0.252 e.